The second-order valence-electron chi connectivity index (χ2n) is 2.63. The van der Waals surface area contributed by atoms with E-state index < -0.39 is 11.6 Å². The zero-order valence-corrected chi connectivity index (χ0v) is 7.19. The van der Waals surface area contributed by atoms with Gasteiger partial charge in [-0.15, -0.1) is 6.58 Å². The second kappa shape index (κ2) is 4.60. The molecule has 0 heterocycles. The third-order valence-electron chi connectivity index (χ3n) is 1.60. The predicted octanol–water partition coefficient (Wildman–Crippen LogP) is 2.95. The summed E-state index contributed by atoms with van der Waals surface area (Å²) in [7, 11) is 0. The standard InChI is InChI=1S/C10H11F2N/c1-2-3-6-13-10-5-4-8(11)7-9(10)12/h2,4-5,7,13H,1,3,6H2. The molecule has 1 N–H and O–H groups in total. The van der Waals surface area contributed by atoms with Gasteiger partial charge in [-0.05, 0) is 18.6 Å². The topological polar surface area (TPSA) is 12.0 Å². The molecule has 13 heavy (non-hydrogen) atoms. The average molecular weight is 183 g/mol. The van der Waals surface area contributed by atoms with Crippen LogP contribution in [0.1, 0.15) is 6.42 Å². The van der Waals surface area contributed by atoms with E-state index in [-0.39, 0.29) is 0 Å². The van der Waals surface area contributed by atoms with Crippen molar-refractivity contribution in [1.82, 2.24) is 0 Å². The summed E-state index contributed by atoms with van der Waals surface area (Å²) in [5.41, 5.74) is 0.322. The van der Waals surface area contributed by atoms with Crippen molar-refractivity contribution >= 4 is 5.69 Å². The molecule has 0 fully saturated rings. The molecule has 1 aromatic carbocycles. The minimum absolute atomic E-state index is 0.322. The van der Waals surface area contributed by atoms with Crippen molar-refractivity contribution < 1.29 is 8.78 Å². The molecule has 0 bridgehead atoms. The van der Waals surface area contributed by atoms with Gasteiger partial charge >= 0.3 is 0 Å². The summed E-state index contributed by atoms with van der Waals surface area (Å²) in [4.78, 5) is 0. The van der Waals surface area contributed by atoms with Gasteiger partial charge in [-0.1, -0.05) is 6.08 Å². The largest absolute Gasteiger partial charge is 0.382 e. The summed E-state index contributed by atoms with van der Waals surface area (Å²) in [6.07, 6.45) is 2.48. The highest BCUT2D eigenvalue weighted by Gasteiger charge is 2.01. The number of anilines is 1. The Hall–Kier alpha value is -1.38. The minimum atomic E-state index is -0.566. The molecule has 0 saturated carbocycles. The summed E-state index contributed by atoms with van der Waals surface area (Å²) in [5.74, 6) is -1.13. The lowest BCUT2D eigenvalue weighted by molar-refractivity contribution is 0.585. The van der Waals surface area contributed by atoms with E-state index in [9.17, 15) is 8.78 Å². The van der Waals surface area contributed by atoms with Gasteiger partial charge in [-0.25, -0.2) is 8.78 Å². The van der Waals surface area contributed by atoms with Gasteiger partial charge in [0.25, 0.3) is 0 Å². The highest BCUT2D eigenvalue weighted by molar-refractivity contribution is 5.44. The van der Waals surface area contributed by atoms with E-state index in [1.165, 1.54) is 12.1 Å². The maximum absolute atomic E-state index is 12.9. The maximum Gasteiger partial charge on any atom is 0.149 e. The van der Waals surface area contributed by atoms with Crippen LogP contribution in [0.25, 0.3) is 0 Å². The lowest BCUT2D eigenvalue weighted by Crippen LogP contribution is -2.02. The zero-order chi connectivity index (χ0) is 9.68. The summed E-state index contributed by atoms with van der Waals surface area (Å²) >= 11 is 0. The van der Waals surface area contributed by atoms with E-state index in [1.807, 2.05) is 0 Å². The predicted molar refractivity (Wildman–Crippen MR) is 49.7 cm³/mol. The number of benzene rings is 1. The van der Waals surface area contributed by atoms with Crippen molar-refractivity contribution in [3.63, 3.8) is 0 Å². The third-order valence-corrected chi connectivity index (χ3v) is 1.60. The van der Waals surface area contributed by atoms with Crippen molar-refractivity contribution in [2.24, 2.45) is 0 Å². The molecule has 0 atom stereocenters. The molecule has 0 aliphatic carbocycles. The molecule has 0 aliphatic rings. The monoisotopic (exact) mass is 183 g/mol. The first-order valence-electron chi connectivity index (χ1n) is 4.04. The van der Waals surface area contributed by atoms with Gasteiger partial charge in [0, 0.05) is 12.6 Å². The van der Waals surface area contributed by atoms with Crippen LogP contribution in [-0.4, -0.2) is 6.54 Å². The lowest BCUT2D eigenvalue weighted by atomic mass is 10.3. The van der Waals surface area contributed by atoms with E-state index >= 15 is 0 Å². The van der Waals surface area contributed by atoms with E-state index in [2.05, 4.69) is 11.9 Å². The van der Waals surface area contributed by atoms with Gasteiger partial charge in [-0.3, -0.25) is 0 Å². The van der Waals surface area contributed by atoms with Crippen LogP contribution in [0, 0.1) is 11.6 Å². The van der Waals surface area contributed by atoms with Crippen LogP contribution in [-0.2, 0) is 0 Å². The van der Waals surface area contributed by atoms with E-state index in [0.29, 0.717) is 12.2 Å². The van der Waals surface area contributed by atoms with Crippen LogP contribution in [0.3, 0.4) is 0 Å². The highest BCUT2D eigenvalue weighted by Crippen LogP contribution is 2.14. The smallest absolute Gasteiger partial charge is 0.149 e. The zero-order valence-electron chi connectivity index (χ0n) is 7.19. The number of hydrogen-bond donors (Lipinski definition) is 1. The minimum Gasteiger partial charge on any atom is -0.382 e. The van der Waals surface area contributed by atoms with Gasteiger partial charge in [0.05, 0.1) is 5.69 Å². The van der Waals surface area contributed by atoms with Gasteiger partial charge in [-0.2, -0.15) is 0 Å². The second-order valence-corrected chi connectivity index (χ2v) is 2.63. The van der Waals surface area contributed by atoms with Crippen LogP contribution < -0.4 is 5.32 Å². The Kier molecular flexibility index (Phi) is 3.43. The van der Waals surface area contributed by atoms with Gasteiger partial charge in [0.1, 0.15) is 11.6 Å². The molecule has 0 radical (unpaired) electrons. The number of nitrogens with one attached hydrogen (secondary N) is 1. The summed E-state index contributed by atoms with van der Waals surface area (Å²) < 4.78 is 25.4. The molecule has 0 unspecified atom stereocenters. The normalized spacial score (nSPS) is 9.69. The lowest BCUT2D eigenvalue weighted by Gasteiger charge is -2.05. The third kappa shape index (κ3) is 2.86. The molecule has 1 nitrogen and oxygen atoms in total. The Morgan fingerprint density at radius 1 is 1.38 bits per heavy atom. The van der Waals surface area contributed by atoms with Gasteiger partial charge < -0.3 is 5.32 Å². The first-order valence-corrected chi connectivity index (χ1v) is 4.04. The fourth-order valence-corrected chi connectivity index (χ4v) is 0.942. The molecule has 0 aromatic heterocycles. The fraction of sp³-hybridized carbons (Fsp3) is 0.200. The number of hydrogen-bond acceptors (Lipinski definition) is 1. The first-order chi connectivity index (χ1) is 6.24. The van der Waals surface area contributed by atoms with Crippen molar-refractivity contribution in [1.29, 1.82) is 0 Å². The van der Waals surface area contributed by atoms with Crippen molar-refractivity contribution in [3.05, 3.63) is 42.5 Å². The van der Waals surface area contributed by atoms with E-state index in [1.54, 1.807) is 6.08 Å². The number of rotatable bonds is 4. The molecule has 0 saturated heterocycles. The molecule has 0 amide bonds. The highest BCUT2D eigenvalue weighted by atomic mass is 19.1. The Balaban J connectivity index is 2.61. The van der Waals surface area contributed by atoms with Crippen LogP contribution >= 0.6 is 0 Å². The van der Waals surface area contributed by atoms with Crippen molar-refractivity contribution in [2.75, 3.05) is 11.9 Å². The molecule has 3 heteroatoms. The molecule has 70 valence electrons. The van der Waals surface area contributed by atoms with Crippen LogP contribution in [0.4, 0.5) is 14.5 Å². The van der Waals surface area contributed by atoms with Crippen molar-refractivity contribution in [3.8, 4) is 0 Å². The Morgan fingerprint density at radius 3 is 2.77 bits per heavy atom. The van der Waals surface area contributed by atoms with Crippen molar-refractivity contribution in [2.45, 2.75) is 6.42 Å². The Bertz CT molecular complexity index is 297. The van der Waals surface area contributed by atoms with Gasteiger partial charge in [0.2, 0.25) is 0 Å². The molecular formula is C10H11F2N. The first kappa shape index (κ1) is 9.71. The number of halogens is 2. The summed E-state index contributed by atoms with van der Waals surface area (Å²) in [6.45, 7) is 4.14. The molecule has 0 spiro atoms. The summed E-state index contributed by atoms with van der Waals surface area (Å²) in [5, 5.41) is 2.83. The van der Waals surface area contributed by atoms with Gasteiger partial charge in [0.15, 0.2) is 0 Å². The summed E-state index contributed by atoms with van der Waals surface area (Å²) in [6, 6.07) is 3.46. The van der Waals surface area contributed by atoms with Crippen LogP contribution in [0.2, 0.25) is 0 Å². The van der Waals surface area contributed by atoms with E-state index in [0.717, 1.165) is 12.5 Å². The molecule has 0 aliphatic heterocycles. The molecule has 1 rings (SSSR count). The average Bonchev–Trinajstić information content (AvgIpc) is 2.09. The fourth-order valence-electron chi connectivity index (χ4n) is 0.942. The molecular weight excluding hydrogens is 172 g/mol. The van der Waals surface area contributed by atoms with Crippen LogP contribution in [0.5, 0.6) is 0 Å². The van der Waals surface area contributed by atoms with E-state index in [4.69, 9.17) is 0 Å². The molecule has 1 aromatic rings. The SMILES string of the molecule is C=CCCNc1ccc(F)cc1F. The maximum atomic E-state index is 12.9. The quantitative estimate of drug-likeness (QED) is 0.559. The Labute approximate surface area is 76.1 Å². The Morgan fingerprint density at radius 2 is 2.15 bits per heavy atom. The van der Waals surface area contributed by atoms with Crippen LogP contribution in [0.15, 0.2) is 30.9 Å².